The standard InChI is InChI=1S/C12H14BrNO/c13-11-3-1-2-10(8-11)12(15)14-7-6-9-4-5-9/h1-3,8-9H,4-7H2,(H,14,15). The number of benzene rings is 1. The zero-order chi connectivity index (χ0) is 10.7. The Morgan fingerprint density at radius 3 is 2.93 bits per heavy atom. The van der Waals surface area contributed by atoms with Crippen LogP contribution in [0.4, 0.5) is 0 Å². The van der Waals surface area contributed by atoms with Crippen molar-refractivity contribution in [2.24, 2.45) is 5.92 Å². The van der Waals surface area contributed by atoms with Gasteiger partial charge in [-0.3, -0.25) is 4.79 Å². The minimum Gasteiger partial charge on any atom is -0.352 e. The summed E-state index contributed by atoms with van der Waals surface area (Å²) in [5.74, 6) is 0.893. The minimum atomic E-state index is 0.0250. The molecule has 0 heterocycles. The van der Waals surface area contributed by atoms with Crippen molar-refractivity contribution in [2.75, 3.05) is 6.54 Å². The zero-order valence-electron chi connectivity index (χ0n) is 8.50. The van der Waals surface area contributed by atoms with Crippen LogP contribution in [0.5, 0.6) is 0 Å². The minimum absolute atomic E-state index is 0.0250. The molecule has 1 N–H and O–H groups in total. The quantitative estimate of drug-likeness (QED) is 0.893. The molecule has 0 atom stereocenters. The molecule has 1 aromatic carbocycles. The smallest absolute Gasteiger partial charge is 0.251 e. The third-order valence-electron chi connectivity index (χ3n) is 2.62. The molecule has 1 saturated carbocycles. The predicted octanol–water partition coefficient (Wildman–Crippen LogP) is 2.98. The predicted molar refractivity (Wildman–Crippen MR) is 63.8 cm³/mol. The average Bonchev–Trinajstić information content (AvgIpc) is 3.01. The highest BCUT2D eigenvalue weighted by molar-refractivity contribution is 9.10. The second-order valence-electron chi connectivity index (χ2n) is 4.00. The van der Waals surface area contributed by atoms with E-state index in [1.165, 1.54) is 12.8 Å². The van der Waals surface area contributed by atoms with E-state index in [0.29, 0.717) is 0 Å². The number of halogens is 1. The van der Waals surface area contributed by atoms with E-state index in [2.05, 4.69) is 21.2 Å². The Labute approximate surface area is 98.2 Å². The first-order valence-electron chi connectivity index (χ1n) is 5.29. The second kappa shape index (κ2) is 4.79. The molecule has 0 unspecified atom stereocenters. The monoisotopic (exact) mass is 267 g/mol. The van der Waals surface area contributed by atoms with Gasteiger partial charge in [-0.05, 0) is 30.5 Å². The van der Waals surface area contributed by atoms with Crippen LogP contribution in [-0.4, -0.2) is 12.5 Å². The van der Waals surface area contributed by atoms with Gasteiger partial charge < -0.3 is 5.32 Å². The van der Waals surface area contributed by atoms with Gasteiger partial charge in [-0.1, -0.05) is 34.8 Å². The summed E-state index contributed by atoms with van der Waals surface area (Å²) >= 11 is 3.35. The molecule has 1 aliphatic rings. The van der Waals surface area contributed by atoms with Gasteiger partial charge in [0.15, 0.2) is 0 Å². The summed E-state index contributed by atoms with van der Waals surface area (Å²) in [7, 11) is 0. The molecule has 2 rings (SSSR count). The highest BCUT2D eigenvalue weighted by Crippen LogP contribution is 2.31. The van der Waals surface area contributed by atoms with E-state index in [9.17, 15) is 4.79 Å². The number of hydrogen-bond donors (Lipinski definition) is 1. The SMILES string of the molecule is O=C(NCCC1CC1)c1cccc(Br)c1. The van der Waals surface area contributed by atoms with Crippen molar-refractivity contribution in [1.82, 2.24) is 5.32 Å². The Balaban J connectivity index is 1.83. The van der Waals surface area contributed by atoms with E-state index in [-0.39, 0.29) is 5.91 Å². The van der Waals surface area contributed by atoms with Crippen LogP contribution in [0.25, 0.3) is 0 Å². The molecule has 1 amide bonds. The number of carbonyl (C=O) groups excluding carboxylic acids is 1. The lowest BCUT2D eigenvalue weighted by Gasteiger charge is -2.04. The Morgan fingerprint density at radius 2 is 2.27 bits per heavy atom. The maximum atomic E-state index is 11.7. The molecule has 0 saturated heterocycles. The van der Waals surface area contributed by atoms with Crippen molar-refractivity contribution in [1.29, 1.82) is 0 Å². The maximum absolute atomic E-state index is 11.7. The van der Waals surface area contributed by atoms with Crippen LogP contribution in [0.3, 0.4) is 0 Å². The van der Waals surface area contributed by atoms with Gasteiger partial charge in [-0.25, -0.2) is 0 Å². The van der Waals surface area contributed by atoms with Gasteiger partial charge in [-0.2, -0.15) is 0 Å². The van der Waals surface area contributed by atoms with Crippen molar-refractivity contribution in [2.45, 2.75) is 19.3 Å². The van der Waals surface area contributed by atoms with Crippen LogP contribution in [0.1, 0.15) is 29.6 Å². The van der Waals surface area contributed by atoms with Crippen LogP contribution < -0.4 is 5.32 Å². The van der Waals surface area contributed by atoms with E-state index < -0.39 is 0 Å². The average molecular weight is 268 g/mol. The van der Waals surface area contributed by atoms with Crippen LogP contribution in [0.2, 0.25) is 0 Å². The Bertz CT molecular complexity index is 360. The van der Waals surface area contributed by atoms with Crippen molar-refractivity contribution < 1.29 is 4.79 Å². The lowest BCUT2D eigenvalue weighted by atomic mass is 10.2. The fourth-order valence-corrected chi connectivity index (χ4v) is 1.93. The molecule has 0 aromatic heterocycles. The van der Waals surface area contributed by atoms with Crippen molar-refractivity contribution >= 4 is 21.8 Å². The molecule has 2 nitrogen and oxygen atoms in total. The largest absolute Gasteiger partial charge is 0.352 e. The lowest BCUT2D eigenvalue weighted by Crippen LogP contribution is -2.24. The van der Waals surface area contributed by atoms with Gasteiger partial charge in [0.05, 0.1) is 0 Å². The van der Waals surface area contributed by atoms with E-state index in [1.54, 1.807) is 0 Å². The van der Waals surface area contributed by atoms with Crippen molar-refractivity contribution in [3.05, 3.63) is 34.3 Å². The summed E-state index contributed by atoms with van der Waals surface area (Å²) in [6.45, 7) is 0.802. The molecule has 0 spiro atoms. The number of amides is 1. The number of hydrogen-bond acceptors (Lipinski definition) is 1. The molecular weight excluding hydrogens is 254 g/mol. The molecule has 3 heteroatoms. The highest BCUT2D eigenvalue weighted by Gasteiger charge is 2.20. The summed E-state index contributed by atoms with van der Waals surface area (Å²) in [4.78, 5) is 11.7. The maximum Gasteiger partial charge on any atom is 0.251 e. The van der Waals surface area contributed by atoms with E-state index in [4.69, 9.17) is 0 Å². The van der Waals surface area contributed by atoms with Gasteiger partial charge in [-0.15, -0.1) is 0 Å². The summed E-state index contributed by atoms with van der Waals surface area (Å²) in [5.41, 5.74) is 0.722. The first-order chi connectivity index (χ1) is 7.25. The normalized spacial score (nSPS) is 15.0. The molecular formula is C12H14BrNO. The Morgan fingerprint density at radius 1 is 1.47 bits per heavy atom. The summed E-state index contributed by atoms with van der Waals surface area (Å²) in [6.07, 6.45) is 3.80. The number of rotatable bonds is 4. The summed E-state index contributed by atoms with van der Waals surface area (Å²) in [5, 5.41) is 2.94. The molecule has 80 valence electrons. The third-order valence-corrected chi connectivity index (χ3v) is 3.12. The van der Waals surface area contributed by atoms with E-state index in [0.717, 1.165) is 28.9 Å². The van der Waals surface area contributed by atoms with Crippen LogP contribution >= 0.6 is 15.9 Å². The van der Waals surface area contributed by atoms with E-state index >= 15 is 0 Å². The van der Waals surface area contributed by atoms with E-state index in [1.807, 2.05) is 24.3 Å². The molecule has 0 bridgehead atoms. The third kappa shape index (κ3) is 3.34. The van der Waals surface area contributed by atoms with Gasteiger partial charge >= 0.3 is 0 Å². The topological polar surface area (TPSA) is 29.1 Å². The molecule has 1 fully saturated rings. The summed E-state index contributed by atoms with van der Waals surface area (Å²) in [6, 6.07) is 7.46. The Hall–Kier alpha value is -0.830. The second-order valence-corrected chi connectivity index (χ2v) is 4.91. The zero-order valence-corrected chi connectivity index (χ0v) is 10.1. The molecule has 0 aliphatic heterocycles. The van der Waals surface area contributed by atoms with Crippen LogP contribution in [0, 0.1) is 5.92 Å². The molecule has 15 heavy (non-hydrogen) atoms. The lowest BCUT2D eigenvalue weighted by molar-refractivity contribution is 0.0952. The van der Waals surface area contributed by atoms with Gasteiger partial charge in [0, 0.05) is 16.6 Å². The first-order valence-corrected chi connectivity index (χ1v) is 6.09. The molecule has 1 aliphatic carbocycles. The van der Waals surface area contributed by atoms with Crippen molar-refractivity contribution in [3.8, 4) is 0 Å². The van der Waals surface area contributed by atoms with Crippen LogP contribution in [0.15, 0.2) is 28.7 Å². The highest BCUT2D eigenvalue weighted by atomic mass is 79.9. The summed E-state index contributed by atoms with van der Waals surface area (Å²) < 4.78 is 0.942. The van der Waals surface area contributed by atoms with Gasteiger partial charge in [0.1, 0.15) is 0 Å². The Kier molecular flexibility index (Phi) is 3.41. The van der Waals surface area contributed by atoms with Gasteiger partial charge in [0.25, 0.3) is 5.91 Å². The number of carbonyl (C=O) groups is 1. The van der Waals surface area contributed by atoms with Gasteiger partial charge in [0.2, 0.25) is 0 Å². The first kappa shape index (κ1) is 10.7. The fraction of sp³-hybridized carbons (Fsp3) is 0.417. The molecule has 1 aromatic rings. The molecule has 0 radical (unpaired) electrons. The fourth-order valence-electron chi connectivity index (χ4n) is 1.53. The van der Waals surface area contributed by atoms with Crippen molar-refractivity contribution in [3.63, 3.8) is 0 Å². The van der Waals surface area contributed by atoms with Crippen LogP contribution in [-0.2, 0) is 0 Å². The number of nitrogens with one attached hydrogen (secondary N) is 1.